The van der Waals surface area contributed by atoms with Gasteiger partial charge in [0.25, 0.3) is 0 Å². The van der Waals surface area contributed by atoms with Crippen molar-refractivity contribution in [1.82, 2.24) is 3.71 Å². The molecule has 0 saturated heterocycles. The van der Waals surface area contributed by atoms with Gasteiger partial charge in [-0.25, -0.2) is 0 Å². The number of ether oxygens (including phenoxy) is 1. The van der Waals surface area contributed by atoms with Crippen molar-refractivity contribution in [3.8, 4) is 0 Å². The zero-order chi connectivity index (χ0) is 11.8. The molecule has 0 radical (unpaired) electrons. The maximum atomic E-state index is 11.8. The van der Waals surface area contributed by atoms with Gasteiger partial charge in [-0.2, -0.15) is 3.71 Å². The number of hydrogen-bond donors (Lipinski definition) is 1. The Labute approximate surface area is 125 Å². The van der Waals surface area contributed by atoms with Crippen LogP contribution >= 0.6 is 48.7 Å². The molecule has 0 unspecified atom stereocenters. The van der Waals surface area contributed by atoms with Crippen LogP contribution in [0.2, 0.25) is 0 Å². The van der Waals surface area contributed by atoms with Crippen LogP contribution in [0, 0.1) is 5.92 Å². The van der Waals surface area contributed by atoms with Crippen LogP contribution in [-0.2, 0) is 9.53 Å². The molecule has 0 spiro atoms. The predicted octanol–water partition coefficient (Wildman–Crippen LogP) is 2.21. The van der Waals surface area contributed by atoms with E-state index in [4.69, 9.17) is 10.5 Å². The second-order valence-electron chi connectivity index (χ2n) is 3.30. The molecule has 0 saturated carbocycles. The molecule has 0 aromatic heterocycles. The van der Waals surface area contributed by atoms with Gasteiger partial charge in [0.05, 0.1) is 0 Å². The Balaban J connectivity index is -0.000000980. The molecule has 0 aromatic rings. The molecule has 0 aliphatic heterocycles. The normalized spacial score (nSPS) is 11.7. The highest BCUT2D eigenvalue weighted by Gasteiger charge is 2.29. The maximum absolute atomic E-state index is 11.8. The lowest BCUT2D eigenvalue weighted by Crippen LogP contribution is -2.39. The molecule has 0 rings (SSSR count). The van der Waals surface area contributed by atoms with Gasteiger partial charge in [0.1, 0.15) is 12.6 Å². The van der Waals surface area contributed by atoms with Crippen LogP contribution in [-0.4, -0.2) is 41.4 Å². The molecule has 2 N–H and O–H groups in total. The monoisotopic (exact) mass is 324 g/mol. The van der Waals surface area contributed by atoms with Gasteiger partial charge in [-0.1, -0.05) is 37.7 Å². The molecule has 0 amide bonds. The third kappa shape index (κ3) is 8.40. The first-order valence-corrected chi connectivity index (χ1v) is 7.19. The lowest BCUT2D eigenvalue weighted by atomic mass is 10.1. The Kier molecular flexibility index (Phi) is 17.6. The van der Waals surface area contributed by atoms with E-state index in [1.807, 2.05) is 30.1 Å². The Morgan fingerprint density at radius 3 is 2.06 bits per heavy atom. The third-order valence-corrected chi connectivity index (χ3v) is 3.89. The van der Waals surface area contributed by atoms with Gasteiger partial charge in [0.2, 0.25) is 0 Å². The van der Waals surface area contributed by atoms with E-state index in [9.17, 15) is 4.79 Å². The van der Waals surface area contributed by atoms with Crippen molar-refractivity contribution in [2.45, 2.75) is 19.9 Å². The van der Waals surface area contributed by atoms with Crippen molar-refractivity contribution < 1.29 is 9.53 Å². The van der Waals surface area contributed by atoms with Gasteiger partial charge < -0.3 is 10.5 Å². The van der Waals surface area contributed by atoms with E-state index in [2.05, 4.69) is 0 Å². The van der Waals surface area contributed by atoms with Crippen LogP contribution in [0.1, 0.15) is 13.8 Å². The molecule has 106 valence electrons. The highest BCUT2D eigenvalue weighted by Crippen LogP contribution is 2.26. The molecule has 0 heterocycles. The molecule has 0 aliphatic rings. The number of esters is 1. The number of nitrogens with two attached hydrogens (primary N) is 1. The second-order valence-corrected chi connectivity index (χ2v) is 5.04. The number of carbonyl (C=O) groups excluding carboxylic acids is 1. The van der Waals surface area contributed by atoms with Gasteiger partial charge in [0.15, 0.2) is 0 Å². The molecule has 0 aromatic carbocycles. The quantitative estimate of drug-likeness (QED) is 0.572. The van der Waals surface area contributed by atoms with E-state index in [0.29, 0.717) is 13.2 Å². The number of carbonyl (C=O) groups is 1. The number of halogens is 2. The van der Waals surface area contributed by atoms with E-state index < -0.39 is 0 Å². The van der Waals surface area contributed by atoms with E-state index in [-0.39, 0.29) is 42.7 Å². The van der Waals surface area contributed by atoms with Crippen molar-refractivity contribution >= 4 is 54.7 Å². The van der Waals surface area contributed by atoms with E-state index in [1.165, 1.54) is 23.9 Å². The van der Waals surface area contributed by atoms with Gasteiger partial charge in [-0.15, -0.1) is 24.8 Å². The summed E-state index contributed by atoms with van der Waals surface area (Å²) in [7, 11) is 0. The predicted molar refractivity (Wildman–Crippen MR) is 82.0 cm³/mol. The molecule has 1 atom stereocenters. The maximum Gasteiger partial charge on any atom is 0.325 e. The van der Waals surface area contributed by atoms with Crippen molar-refractivity contribution in [2.75, 3.05) is 25.7 Å². The fourth-order valence-corrected chi connectivity index (χ4v) is 2.86. The summed E-state index contributed by atoms with van der Waals surface area (Å²) >= 11 is 3.06. The smallest absolute Gasteiger partial charge is 0.325 e. The molecular weight excluding hydrogens is 303 g/mol. The van der Waals surface area contributed by atoms with Crippen molar-refractivity contribution in [2.24, 2.45) is 11.7 Å². The molecule has 0 bridgehead atoms. The summed E-state index contributed by atoms with van der Waals surface area (Å²) in [5.41, 5.74) is 5.29. The van der Waals surface area contributed by atoms with E-state index in [0.717, 1.165) is 0 Å². The number of nitrogens with zero attached hydrogens (tertiary/aromatic N) is 1. The summed E-state index contributed by atoms with van der Waals surface area (Å²) in [6, 6.07) is -0.221. The van der Waals surface area contributed by atoms with Crippen LogP contribution in [0.15, 0.2) is 0 Å². The minimum Gasteiger partial charge on any atom is -0.463 e. The summed E-state index contributed by atoms with van der Waals surface area (Å²) in [5, 5.41) is 0. The largest absolute Gasteiger partial charge is 0.463 e. The van der Waals surface area contributed by atoms with Crippen LogP contribution in [0.25, 0.3) is 0 Å². The average molecular weight is 325 g/mol. The molecule has 0 fully saturated rings. The van der Waals surface area contributed by atoms with Crippen molar-refractivity contribution in [3.05, 3.63) is 0 Å². The number of rotatable bonds is 7. The Morgan fingerprint density at radius 2 is 1.76 bits per heavy atom. The minimum absolute atomic E-state index is 0. The zero-order valence-corrected chi connectivity index (χ0v) is 13.8. The molecule has 8 heteroatoms. The summed E-state index contributed by atoms with van der Waals surface area (Å²) in [6.07, 6.45) is 3.89. The topological polar surface area (TPSA) is 55.6 Å². The first-order valence-electron chi connectivity index (χ1n) is 4.82. The van der Waals surface area contributed by atoms with Gasteiger partial charge in [-0.3, -0.25) is 4.79 Å². The van der Waals surface area contributed by atoms with Crippen molar-refractivity contribution in [1.29, 1.82) is 0 Å². The van der Waals surface area contributed by atoms with Gasteiger partial charge in [-0.05, 0) is 18.4 Å². The van der Waals surface area contributed by atoms with Crippen molar-refractivity contribution in [3.63, 3.8) is 0 Å². The highest BCUT2D eigenvalue weighted by atomic mass is 35.5. The van der Waals surface area contributed by atoms with Crippen LogP contribution in [0.4, 0.5) is 0 Å². The third-order valence-electron chi connectivity index (χ3n) is 1.82. The van der Waals surface area contributed by atoms with E-state index >= 15 is 0 Å². The highest BCUT2D eigenvalue weighted by molar-refractivity contribution is 8.11. The molecule has 17 heavy (non-hydrogen) atoms. The number of hydrogen-bond acceptors (Lipinski definition) is 6. The van der Waals surface area contributed by atoms with Crippen LogP contribution < -0.4 is 5.73 Å². The second kappa shape index (κ2) is 13.1. The van der Waals surface area contributed by atoms with Gasteiger partial charge in [0, 0.05) is 6.54 Å². The van der Waals surface area contributed by atoms with Crippen LogP contribution in [0.5, 0.6) is 0 Å². The zero-order valence-electron chi connectivity index (χ0n) is 10.5. The average Bonchev–Trinajstić information content (AvgIpc) is 2.21. The first kappa shape index (κ1) is 22.8. The summed E-state index contributed by atoms with van der Waals surface area (Å²) in [5.74, 6) is 0.0225. The Morgan fingerprint density at radius 1 is 1.29 bits per heavy atom. The standard InChI is InChI=1S/C9H20N2O2S2.2ClH/c1-7(2)8(11(14-3)15-4)9(12)13-6-5-10;;/h7-8H,5-6,10H2,1-4H3;2*1H/t8-;;/m0../s1. The van der Waals surface area contributed by atoms with Crippen LogP contribution in [0.3, 0.4) is 0 Å². The van der Waals surface area contributed by atoms with E-state index in [1.54, 1.807) is 0 Å². The molecule has 4 nitrogen and oxygen atoms in total. The SMILES string of the molecule is CSN(SC)[C@H](C(=O)OCCN)C(C)C.Cl.Cl. The summed E-state index contributed by atoms with van der Waals surface area (Å²) in [4.78, 5) is 11.8. The Hall–Kier alpha value is 0.670. The molecule has 0 aliphatic carbocycles. The fourth-order valence-electron chi connectivity index (χ4n) is 1.15. The lowest BCUT2D eigenvalue weighted by molar-refractivity contribution is -0.147. The summed E-state index contributed by atoms with van der Waals surface area (Å²) in [6.45, 7) is 4.68. The fraction of sp³-hybridized carbons (Fsp3) is 0.889. The summed E-state index contributed by atoms with van der Waals surface area (Å²) < 4.78 is 7.01. The minimum atomic E-state index is -0.221. The Bertz CT molecular complexity index is 196. The molecular formula is C9H22Cl2N2O2S2. The van der Waals surface area contributed by atoms with Gasteiger partial charge >= 0.3 is 5.97 Å². The first-order chi connectivity index (χ1) is 7.08. The lowest BCUT2D eigenvalue weighted by Gasteiger charge is -2.28.